The van der Waals surface area contributed by atoms with Gasteiger partial charge in [0, 0.05) is 44.5 Å². The predicted octanol–water partition coefficient (Wildman–Crippen LogP) is 1.40. The van der Waals surface area contributed by atoms with Crippen LogP contribution in [0.15, 0.2) is 41.7 Å². The molecule has 0 radical (unpaired) electrons. The number of rotatable bonds is 4. The van der Waals surface area contributed by atoms with Gasteiger partial charge in [-0.25, -0.2) is 15.0 Å². The third-order valence-electron chi connectivity index (χ3n) is 4.62. The molecule has 1 aromatic carbocycles. The summed E-state index contributed by atoms with van der Waals surface area (Å²) in [6.07, 6.45) is 5.17. The van der Waals surface area contributed by atoms with Crippen molar-refractivity contribution in [2.24, 2.45) is 0 Å². The Kier molecular flexibility index (Phi) is 4.53. The lowest BCUT2D eigenvalue weighted by Crippen LogP contribution is -2.35. The number of nitrogens with one attached hydrogen (secondary N) is 1. The van der Waals surface area contributed by atoms with Crippen molar-refractivity contribution in [2.45, 2.75) is 19.5 Å². The Balaban J connectivity index is 1.57. The van der Waals surface area contributed by atoms with Gasteiger partial charge in [-0.1, -0.05) is 6.07 Å². The van der Waals surface area contributed by atoms with Crippen LogP contribution in [0.3, 0.4) is 0 Å². The number of hydrogen-bond donors (Lipinski definition) is 2. The van der Waals surface area contributed by atoms with Crippen LogP contribution in [-0.4, -0.2) is 41.4 Å². The minimum atomic E-state index is -0.617. The lowest BCUT2D eigenvalue weighted by Gasteiger charge is -2.27. The van der Waals surface area contributed by atoms with Gasteiger partial charge in [-0.05, 0) is 11.6 Å². The molecule has 3 aromatic rings. The highest BCUT2D eigenvalue weighted by Crippen LogP contribution is 2.27. The average molecular weight is 380 g/mol. The van der Waals surface area contributed by atoms with Gasteiger partial charge in [0.1, 0.15) is 12.2 Å². The molecule has 0 bridgehead atoms. The van der Waals surface area contributed by atoms with Crippen molar-refractivity contribution in [3.8, 4) is 17.1 Å². The molecule has 0 fully saturated rings. The normalized spacial score (nSPS) is 13.9. The maximum atomic E-state index is 12.6. The van der Waals surface area contributed by atoms with Crippen molar-refractivity contribution in [1.29, 1.82) is 0 Å². The largest absolute Gasteiger partial charge is 0.502 e. The number of nitro benzene ring substituents is 1. The van der Waals surface area contributed by atoms with Crippen molar-refractivity contribution in [3.63, 3.8) is 0 Å². The van der Waals surface area contributed by atoms with Crippen molar-refractivity contribution < 1.29 is 10.0 Å². The van der Waals surface area contributed by atoms with Crippen molar-refractivity contribution in [2.75, 3.05) is 6.54 Å². The number of fused-ring (bicyclic) bond motifs is 1. The van der Waals surface area contributed by atoms with Gasteiger partial charge in [-0.15, -0.1) is 0 Å². The third-order valence-corrected chi connectivity index (χ3v) is 4.62. The molecule has 0 spiro atoms. The van der Waals surface area contributed by atoms with E-state index < -0.39 is 4.92 Å². The number of hydrogen-bond acceptors (Lipinski definition) is 8. The van der Waals surface area contributed by atoms with Crippen LogP contribution in [-0.2, 0) is 19.5 Å². The minimum Gasteiger partial charge on any atom is -0.502 e. The van der Waals surface area contributed by atoms with Gasteiger partial charge in [-0.3, -0.25) is 19.8 Å². The molecule has 0 saturated carbocycles. The molecule has 0 atom stereocenters. The second-order valence-corrected chi connectivity index (χ2v) is 6.51. The first-order chi connectivity index (χ1) is 13.5. The van der Waals surface area contributed by atoms with Crippen LogP contribution in [0.25, 0.3) is 11.4 Å². The highest BCUT2D eigenvalue weighted by atomic mass is 16.6. The standard InChI is InChI=1S/C18H16N6O4/c25-16-2-1-11(5-15(16)24(27)28)8-23-4-3-14-13(9-23)18(26)22-17(21-14)12-6-19-10-20-7-12/h1-2,5-7,10,25H,3-4,8-9H2,(H,21,22,26). The smallest absolute Gasteiger partial charge is 0.311 e. The van der Waals surface area contributed by atoms with Crippen molar-refractivity contribution >= 4 is 5.69 Å². The maximum absolute atomic E-state index is 12.6. The van der Waals surface area contributed by atoms with E-state index in [1.165, 1.54) is 18.5 Å². The molecule has 3 heterocycles. The molecule has 0 unspecified atom stereocenters. The topological polar surface area (TPSA) is 138 Å². The molecule has 1 aliphatic rings. The SMILES string of the molecule is O=c1[nH]c(-c2cncnc2)nc2c1CN(Cc1ccc(O)c([N+](=O)[O-])c1)CC2. The van der Waals surface area contributed by atoms with Gasteiger partial charge in [0.25, 0.3) is 5.56 Å². The summed E-state index contributed by atoms with van der Waals surface area (Å²) in [6, 6.07) is 4.30. The van der Waals surface area contributed by atoms with E-state index in [9.17, 15) is 20.0 Å². The van der Waals surface area contributed by atoms with Crippen LogP contribution in [0.4, 0.5) is 5.69 Å². The average Bonchev–Trinajstić information content (AvgIpc) is 2.70. The van der Waals surface area contributed by atoms with Gasteiger partial charge in [0.05, 0.1) is 21.7 Å². The highest BCUT2D eigenvalue weighted by Gasteiger charge is 2.23. The lowest BCUT2D eigenvalue weighted by molar-refractivity contribution is -0.385. The van der Waals surface area contributed by atoms with E-state index in [4.69, 9.17) is 0 Å². The number of nitro groups is 1. The van der Waals surface area contributed by atoms with Crippen LogP contribution >= 0.6 is 0 Å². The van der Waals surface area contributed by atoms with Crippen LogP contribution in [0.5, 0.6) is 5.75 Å². The van der Waals surface area contributed by atoms with Crippen molar-refractivity contribution in [3.05, 3.63) is 74.2 Å². The zero-order valence-electron chi connectivity index (χ0n) is 14.7. The summed E-state index contributed by atoms with van der Waals surface area (Å²) in [4.78, 5) is 40.2. The van der Waals surface area contributed by atoms with Gasteiger partial charge in [-0.2, -0.15) is 0 Å². The van der Waals surface area contributed by atoms with E-state index in [0.29, 0.717) is 48.6 Å². The summed E-state index contributed by atoms with van der Waals surface area (Å²) < 4.78 is 0. The zero-order valence-corrected chi connectivity index (χ0v) is 14.7. The number of phenols is 1. The highest BCUT2D eigenvalue weighted by molar-refractivity contribution is 5.52. The van der Waals surface area contributed by atoms with Crippen LogP contribution < -0.4 is 5.56 Å². The monoisotopic (exact) mass is 380 g/mol. The lowest BCUT2D eigenvalue weighted by atomic mass is 10.1. The second-order valence-electron chi connectivity index (χ2n) is 6.51. The molecular weight excluding hydrogens is 364 g/mol. The summed E-state index contributed by atoms with van der Waals surface area (Å²) in [6.45, 7) is 1.47. The number of nitrogens with zero attached hydrogens (tertiary/aromatic N) is 5. The Morgan fingerprint density at radius 2 is 2.07 bits per heavy atom. The molecule has 0 saturated heterocycles. The van der Waals surface area contributed by atoms with E-state index in [0.717, 1.165) is 5.69 Å². The molecule has 28 heavy (non-hydrogen) atoms. The van der Waals surface area contributed by atoms with Crippen LogP contribution in [0, 0.1) is 10.1 Å². The molecule has 2 N–H and O–H groups in total. The Morgan fingerprint density at radius 1 is 1.29 bits per heavy atom. The summed E-state index contributed by atoms with van der Waals surface area (Å²) in [5.74, 6) is 0.0720. The Labute approximate surface area is 158 Å². The van der Waals surface area contributed by atoms with Crippen molar-refractivity contribution in [1.82, 2.24) is 24.8 Å². The van der Waals surface area contributed by atoms with E-state index in [2.05, 4.69) is 19.9 Å². The molecule has 4 rings (SSSR count). The quantitative estimate of drug-likeness (QED) is 0.512. The summed E-state index contributed by atoms with van der Waals surface area (Å²) in [5, 5.41) is 20.6. The first kappa shape index (κ1) is 17.7. The molecule has 10 nitrogen and oxygen atoms in total. The number of phenolic OH excluding ortho intramolecular Hbond substituents is 1. The fourth-order valence-corrected chi connectivity index (χ4v) is 3.25. The molecule has 0 amide bonds. The number of aromatic amines is 1. The summed E-state index contributed by atoms with van der Waals surface area (Å²) in [7, 11) is 0. The summed E-state index contributed by atoms with van der Waals surface area (Å²) >= 11 is 0. The molecule has 0 aliphatic carbocycles. The molecule has 10 heteroatoms. The Hall–Kier alpha value is -3.66. The van der Waals surface area contributed by atoms with E-state index in [1.807, 2.05) is 4.90 Å². The molecule has 142 valence electrons. The van der Waals surface area contributed by atoms with E-state index >= 15 is 0 Å². The van der Waals surface area contributed by atoms with Crippen LogP contribution in [0.1, 0.15) is 16.8 Å². The zero-order chi connectivity index (χ0) is 19.7. The van der Waals surface area contributed by atoms with Crippen LogP contribution in [0.2, 0.25) is 0 Å². The Bertz CT molecular complexity index is 1100. The number of aromatic nitrogens is 4. The van der Waals surface area contributed by atoms with E-state index in [1.54, 1.807) is 18.5 Å². The number of benzene rings is 1. The molecular formula is C18H16N6O4. The second kappa shape index (κ2) is 7.16. The minimum absolute atomic E-state index is 0.217. The molecule has 1 aliphatic heterocycles. The Morgan fingerprint density at radius 3 is 2.82 bits per heavy atom. The summed E-state index contributed by atoms with van der Waals surface area (Å²) in [5.41, 5.74) is 2.10. The van der Waals surface area contributed by atoms with Gasteiger partial charge < -0.3 is 10.1 Å². The number of H-pyrrole nitrogens is 1. The first-order valence-corrected chi connectivity index (χ1v) is 8.57. The maximum Gasteiger partial charge on any atom is 0.311 e. The van der Waals surface area contributed by atoms with Gasteiger partial charge >= 0.3 is 5.69 Å². The molecule has 2 aromatic heterocycles. The number of aromatic hydroxyl groups is 1. The predicted molar refractivity (Wildman–Crippen MR) is 98.5 cm³/mol. The fourth-order valence-electron chi connectivity index (χ4n) is 3.25. The fraction of sp³-hybridized carbons (Fsp3) is 0.222. The van der Waals surface area contributed by atoms with E-state index in [-0.39, 0.29) is 17.0 Å². The first-order valence-electron chi connectivity index (χ1n) is 8.57. The van der Waals surface area contributed by atoms with Gasteiger partial charge in [0.15, 0.2) is 5.75 Å². The van der Waals surface area contributed by atoms with Gasteiger partial charge in [0.2, 0.25) is 0 Å². The third kappa shape index (κ3) is 3.45.